The number of aryl methyl sites for hydroxylation is 1. The molecule has 2 unspecified atom stereocenters. The largest absolute Gasteiger partial charge is 0.504 e. The fourth-order valence-electron chi connectivity index (χ4n) is 6.19. The lowest BCUT2D eigenvalue weighted by atomic mass is 9.97. The Bertz CT molecular complexity index is 1780. The van der Waals surface area contributed by atoms with Crippen molar-refractivity contribution in [2.45, 2.75) is 90.3 Å². The number of carbonyl (C=O) groups excluding carboxylic acids is 1. The Hall–Kier alpha value is -4.41. The molecule has 2 heterocycles. The first-order valence-electron chi connectivity index (χ1n) is 17.4. The van der Waals surface area contributed by atoms with Gasteiger partial charge in [0.1, 0.15) is 5.78 Å². The molecule has 49 heavy (non-hydrogen) atoms. The van der Waals surface area contributed by atoms with Gasteiger partial charge in [0.15, 0.2) is 18.2 Å². The molecule has 0 radical (unpaired) electrons. The van der Waals surface area contributed by atoms with E-state index in [-0.39, 0.29) is 37.5 Å². The fraction of sp³-hybridized carbons (Fsp3) is 0.375. The number of aromatic amines is 1. The van der Waals surface area contributed by atoms with Crippen molar-refractivity contribution in [3.05, 3.63) is 119 Å². The predicted octanol–water partition coefficient (Wildman–Crippen LogP) is 6.42. The summed E-state index contributed by atoms with van der Waals surface area (Å²) in [5.74, 6) is 0.415. The van der Waals surface area contributed by atoms with Gasteiger partial charge in [-0.25, -0.2) is 0 Å². The molecule has 5 rings (SSSR count). The van der Waals surface area contributed by atoms with Gasteiger partial charge < -0.3 is 35.3 Å². The Labute approximate surface area is 288 Å². The second-order valence-corrected chi connectivity index (χ2v) is 12.9. The van der Waals surface area contributed by atoms with E-state index in [1.54, 1.807) is 18.2 Å². The third kappa shape index (κ3) is 10.3. The molecule has 260 valence electrons. The SMILES string of the molecule is CCCCCC(O)CC(=O)CCc1ccc(O)c(OCn2cc3[nH]cc(Cc4cc(C(N)NCCc5ccccc5)ccc4CO)c3c2)c1. The van der Waals surface area contributed by atoms with E-state index in [9.17, 15) is 20.1 Å². The van der Waals surface area contributed by atoms with Gasteiger partial charge in [0, 0.05) is 43.4 Å². The van der Waals surface area contributed by atoms with Gasteiger partial charge in [-0.3, -0.25) is 10.1 Å². The molecule has 0 aliphatic heterocycles. The first kappa shape index (κ1) is 35.9. The van der Waals surface area contributed by atoms with Crippen molar-refractivity contribution < 1.29 is 24.9 Å². The van der Waals surface area contributed by atoms with Gasteiger partial charge in [-0.2, -0.15) is 0 Å². The molecule has 0 amide bonds. The zero-order valence-electron chi connectivity index (χ0n) is 28.4. The summed E-state index contributed by atoms with van der Waals surface area (Å²) < 4.78 is 7.92. The maximum Gasteiger partial charge on any atom is 0.165 e. The maximum absolute atomic E-state index is 12.4. The first-order valence-corrected chi connectivity index (χ1v) is 17.4. The van der Waals surface area contributed by atoms with E-state index in [1.807, 2.05) is 53.5 Å². The Morgan fingerprint density at radius 1 is 0.980 bits per heavy atom. The Kier molecular flexibility index (Phi) is 13.1. The number of ether oxygens (including phenoxy) is 1. The summed E-state index contributed by atoms with van der Waals surface area (Å²) in [4.78, 5) is 15.8. The third-order valence-corrected chi connectivity index (χ3v) is 9.08. The molecule has 9 heteroatoms. The molecule has 5 aromatic rings. The number of Topliss-reactive ketones (excluding diaryl/α,β-unsaturated/α-hetero) is 1. The van der Waals surface area contributed by atoms with Gasteiger partial charge in [0.25, 0.3) is 0 Å². The number of H-pyrrole nitrogens is 1. The number of hydrogen-bond acceptors (Lipinski definition) is 7. The number of aliphatic hydroxyl groups excluding tert-OH is 2. The molecule has 3 aromatic carbocycles. The molecule has 0 bridgehead atoms. The average molecular weight is 667 g/mol. The van der Waals surface area contributed by atoms with Crippen molar-refractivity contribution in [3.8, 4) is 11.5 Å². The zero-order chi connectivity index (χ0) is 34.6. The van der Waals surface area contributed by atoms with Crippen LogP contribution in [-0.2, 0) is 37.4 Å². The molecule has 7 N–H and O–H groups in total. The second kappa shape index (κ2) is 17.8. The summed E-state index contributed by atoms with van der Waals surface area (Å²) in [6.45, 7) is 2.99. The molecule has 0 fully saturated rings. The molecule has 0 aliphatic rings. The van der Waals surface area contributed by atoms with E-state index in [4.69, 9.17) is 10.5 Å². The number of benzene rings is 3. The van der Waals surface area contributed by atoms with Gasteiger partial charge >= 0.3 is 0 Å². The van der Waals surface area contributed by atoms with Crippen LogP contribution in [-0.4, -0.2) is 43.3 Å². The summed E-state index contributed by atoms with van der Waals surface area (Å²) in [6.07, 6.45) is 11.3. The highest BCUT2D eigenvalue weighted by atomic mass is 16.5. The lowest BCUT2D eigenvalue weighted by molar-refractivity contribution is -0.121. The molecule has 9 nitrogen and oxygen atoms in total. The van der Waals surface area contributed by atoms with Crippen molar-refractivity contribution >= 4 is 16.7 Å². The number of nitrogens with two attached hydrogens (primary N) is 1. The van der Waals surface area contributed by atoms with Crippen LogP contribution < -0.4 is 15.8 Å². The Balaban J connectivity index is 1.18. The minimum absolute atomic E-state index is 0.0315. The van der Waals surface area contributed by atoms with Crippen LogP contribution in [0.4, 0.5) is 0 Å². The molecule has 0 saturated carbocycles. The van der Waals surface area contributed by atoms with Crippen LogP contribution in [0.3, 0.4) is 0 Å². The standard InChI is InChI=1S/C40H50N4O5/c1-2-3-5-10-34(46)22-35(47)15-11-29-12-16-38(48)39(19-29)49-27-44-24-36-33(23-43-37(36)25-44)21-32-20-30(13-14-31(32)26-45)40(41)42-18-17-28-8-6-4-7-9-28/h4,6-9,12-14,16,19-20,23-25,34,40,42-43,45-46,48H,2-3,5,10-11,15,17-18,21-22,26-27,41H2,1H3. The summed E-state index contributed by atoms with van der Waals surface area (Å²) in [5, 5.41) is 35.1. The monoisotopic (exact) mass is 666 g/mol. The molecule has 2 atom stereocenters. The Morgan fingerprint density at radius 3 is 2.61 bits per heavy atom. The Morgan fingerprint density at radius 2 is 1.82 bits per heavy atom. The number of rotatable bonds is 20. The summed E-state index contributed by atoms with van der Waals surface area (Å²) in [6, 6.07) is 21.4. The van der Waals surface area contributed by atoms with E-state index in [2.05, 4.69) is 35.4 Å². The number of aromatic hydroxyl groups is 1. The van der Waals surface area contributed by atoms with Crippen LogP contribution in [0.1, 0.15) is 85.0 Å². The second-order valence-electron chi connectivity index (χ2n) is 12.9. The fourth-order valence-corrected chi connectivity index (χ4v) is 6.19. The lowest BCUT2D eigenvalue weighted by Gasteiger charge is -2.17. The number of nitrogens with zero attached hydrogens (tertiary/aromatic N) is 1. The normalized spacial score (nSPS) is 12.7. The van der Waals surface area contributed by atoms with Gasteiger partial charge in [-0.05, 0) is 71.2 Å². The van der Waals surface area contributed by atoms with Crippen molar-refractivity contribution in [3.63, 3.8) is 0 Å². The van der Waals surface area contributed by atoms with E-state index in [0.29, 0.717) is 31.4 Å². The average Bonchev–Trinajstić information content (AvgIpc) is 3.69. The van der Waals surface area contributed by atoms with Crippen molar-refractivity contribution in [1.29, 1.82) is 0 Å². The van der Waals surface area contributed by atoms with Crippen LogP contribution >= 0.6 is 0 Å². The van der Waals surface area contributed by atoms with Crippen molar-refractivity contribution in [2.24, 2.45) is 5.73 Å². The van der Waals surface area contributed by atoms with Crippen LogP contribution in [0.15, 0.2) is 85.3 Å². The number of nitrogens with one attached hydrogen (secondary N) is 2. The minimum Gasteiger partial charge on any atom is -0.504 e. The van der Waals surface area contributed by atoms with Crippen LogP contribution in [0.2, 0.25) is 0 Å². The van der Waals surface area contributed by atoms with Gasteiger partial charge in [-0.15, -0.1) is 0 Å². The smallest absolute Gasteiger partial charge is 0.165 e. The maximum atomic E-state index is 12.4. The quantitative estimate of drug-likeness (QED) is 0.0416. The summed E-state index contributed by atoms with van der Waals surface area (Å²) in [7, 11) is 0. The highest BCUT2D eigenvalue weighted by Gasteiger charge is 2.15. The number of unbranched alkanes of at least 4 members (excludes halogenated alkanes) is 2. The van der Waals surface area contributed by atoms with E-state index >= 15 is 0 Å². The highest BCUT2D eigenvalue weighted by molar-refractivity contribution is 5.83. The summed E-state index contributed by atoms with van der Waals surface area (Å²) >= 11 is 0. The predicted molar refractivity (Wildman–Crippen MR) is 193 cm³/mol. The molecular weight excluding hydrogens is 616 g/mol. The lowest BCUT2D eigenvalue weighted by Crippen LogP contribution is -2.30. The van der Waals surface area contributed by atoms with Gasteiger partial charge in [0.2, 0.25) is 0 Å². The topological polar surface area (TPSA) is 146 Å². The number of hydrogen-bond donors (Lipinski definition) is 6. The van der Waals surface area contributed by atoms with Crippen molar-refractivity contribution in [1.82, 2.24) is 14.9 Å². The molecule has 0 spiro atoms. The van der Waals surface area contributed by atoms with Crippen LogP contribution in [0, 0.1) is 0 Å². The minimum atomic E-state index is -0.580. The summed E-state index contributed by atoms with van der Waals surface area (Å²) in [5.41, 5.74) is 13.5. The number of ketones is 1. The number of aliphatic hydroxyl groups is 2. The van der Waals surface area contributed by atoms with Crippen LogP contribution in [0.25, 0.3) is 10.9 Å². The third-order valence-electron chi connectivity index (χ3n) is 9.08. The number of aromatic nitrogens is 2. The van der Waals surface area contributed by atoms with E-state index in [0.717, 1.165) is 70.9 Å². The zero-order valence-corrected chi connectivity index (χ0v) is 28.4. The number of phenols is 1. The molecule has 0 saturated heterocycles. The molecular formula is C40H50N4O5. The van der Waals surface area contributed by atoms with Crippen molar-refractivity contribution in [2.75, 3.05) is 6.54 Å². The van der Waals surface area contributed by atoms with E-state index in [1.165, 1.54) is 5.56 Å². The number of fused-ring (bicyclic) bond motifs is 1. The number of phenolic OH excluding ortho intramolecular Hbond substituents is 1. The molecule has 0 aliphatic carbocycles. The highest BCUT2D eigenvalue weighted by Crippen LogP contribution is 2.29. The molecule has 2 aromatic heterocycles. The number of carbonyl (C=O) groups is 1. The van der Waals surface area contributed by atoms with Gasteiger partial charge in [0.05, 0.1) is 24.4 Å². The van der Waals surface area contributed by atoms with E-state index < -0.39 is 6.10 Å². The van der Waals surface area contributed by atoms with Gasteiger partial charge in [-0.1, -0.05) is 80.8 Å². The first-order chi connectivity index (χ1) is 23.8. The van der Waals surface area contributed by atoms with Crippen LogP contribution in [0.5, 0.6) is 11.5 Å².